The zero-order valence-electron chi connectivity index (χ0n) is 14.8. The Kier molecular flexibility index (Phi) is 5.12. The van der Waals surface area contributed by atoms with Crippen molar-refractivity contribution in [3.63, 3.8) is 0 Å². The number of phenols is 1. The van der Waals surface area contributed by atoms with Gasteiger partial charge >= 0.3 is 5.51 Å². The van der Waals surface area contributed by atoms with Crippen LogP contribution in [0, 0.1) is 11.8 Å². The van der Waals surface area contributed by atoms with Gasteiger partial charge in [0, 0.05) is 17.5 Å². The summed E-state index contributed by atoms with van der Waals surface area (Å²) in [6, 6.07) is 12.7. The Hall–Kier alpha value is -1.66. The van der Waals surface area contributed by atoms with Gasteiger partial charge < -0.3 is 10.4 Å². The summed E-state index contributed by atoms with van der Waals surface area (Å²) in [6.45, 7) is 0.663. The van der Waals surface area contributed by atoms with Crippen LogP contribution in [0.15, 0.2) is 47.4 Å². The smallest absolute Gasteiger partial charge is 0.446 e. The van der Waals surface area contributed by atoms with Gasteiger partial charge in [0.2, 0.25) is 0 Å². The first-order valence-electron chi connectivity index (χ1n) is 9.26. The monoisotopic (exact) mass is 393 g/mol. The third kappa shape index (κ3) is 4.43. The van der Waals surface area contributed by atoms with E-state index < -0.39 is 5.51 Å². The molecule has 2 aromatic carbocycles. The topological polar surface area (TPSA) is 32.3 Å². The maximum Gasteiger partial charge on any atom is 0.446 e. The average molecular weight is 393 g/mol. The minimum absolute atomic E-state index is 0.0776. The van der Waals surface area contributed by atoms with Gasteiger partial charge in [-0.25, -0.2) is 0 Å². The molecule has 2 N–H and O–H groups in total. The van der Waals surface area contributed by atoms with E-state index in [1.54, 1.807) is 18.2 Å². The zero-order chi connectivity index (χ0) is 19.0. The lowest BCUT2D eigenvalue weighted by Crippen LogP contribution is -2.37. The van der Waals surface area contributed by atoms with E-state index in [1.165, 1.54) is 36.1 Å². The molecule has 0 saturated heterocycles. The van der Waals surface area contributed by atoms with Gasteiger partial charge in [-0.1, -0.05) is 18.2 Å². The lowest BCUT2D eigenvalue weighted by atomic mass is 9.93. The second-order valence-electron chi connectivity index (χ2n) is 7.56. The summed E-state index contributed by atoms with van der Waals surface area (Å²) in [5.74, 6) is 1.44. The van der Waals surface area contributed by atoms with E-state index in [0.717, 1.165) is 18.4 Å². The Morgan fingerprint density at radius 3 is 2.30 bits per heavy atom. The SMILES string of the molecule is Oc1ccc2c(c1)CC1CCC(C2)C1NCc1ccc(SC(F)(F)F)cc1. The maximum absolute atomic E-state index is 12.4. The Bertz CT molecular complexity index is 806. The van der Waals surface area contributed by atoms with Crippen LogP contribution in [0.3, 0.4) is 0 Å². The van der Waals surface area contributed by atoms with Crippen molar-refractivity contribution in [2.45, 2.75) is 48.7 Å². The normalized spacial score (nSPS) is 24.5. The predicted octanol–water partition coefficient (Wildman–Crippen LogP) is 5.29. The Balaban J connectivity index is 1.40. The molecule has 27 heavy (non-hydrogen) atoms. The van der Waals surface area contributed by atoms with Crippen LogP contribution in [-0.4, -0.2) is 16.7 Å². The number of fused-ring (bicyclic) bond motifs is 3. The summed E-state index contributed by atoms with van der Waals surface area (Å²) in [4.78, 5) is 0.219. The van der Waals surface area contributed by atoms with Gasteiger partial charge in [0.05, 0.1) is 0 Å². The lowest BCUT2D eigenvalue weighted by molar-refractivity contribution is -0.0328. The number of halogens is 3. The van der Waals surface area contributed by atoms with Crippen molar-refractivity contribution in [2.75, 3.05) is 0 Å². The van der Waals surface area contributed by atoms with Gasteiger partial charge in [0.25, 0.3) is 0 Å². The number of hydrogen-bond donors (Lipinski definition) is 2. The van der Waals surface area contributed by atoms with E-state index in [2.05, 4.69) is 5.32 Å². The quantitative estimate of drug-likeness (QED) is 0.693. The highest BCUT2D eigenvalue weighted by molar-refractivity contribution is 8.00. The van der Waals surface area contributed by atoms with Crippen LogP contribution >= 0.6 is 11.8 Å². The van der Waals surface area contributed by atoms with E-state index in [4.69, 9.17) is 0 Å². The number of rotatable bonds is 4. The van der Waals surface area contributed by atoms with Crippen molar-refractivity contribution < 1.29 is 18.3 Å². The molecular weight excluding hydrogens is 371 g/mol. The van der Waals surface area contributed by atoms with Crippen LogP contribution in [0.5, 0.6) is 5.75 Å². The minimum atomic E-state index is -4.25. The maximum atomic E-state index is 12.4. The van der Waals surface area contributed by atoms with Gasteiger partial charge in [-0.3, -0.25) is 0 Å². The molecule has 0 spiro atoms. The van der Waals surface area contributed by atoms with E-state index in [1.807, 2.05) is 12.1 Å². The molecule has 0 aliphatic heterocycles. The minimum Gasteiger partial charge on any atom is -0.508 e. The largest absolute Gasteiger partial charge is 0.508 e. The highest BCUT2D eigenvalue weighted by Crippen LogP contribution is 2.41. The zero-order valence-corrected chi connectivity index (χ0v) is 15.6. The average Bonchev–Trinajstić information content (AvgIpc) is 2.88. The number of aromatic hydroxyl groups is 1. The molecule has 2 aromatic rings. The Morgan fingerprint density at radius 2 is 1.63 bits per heavy atom. The summed E-state index contributed by atoms with van der Waals surface area (Å²) < 4.78 is 37.3. The second kappa shape index (κ2) is 7.40. The molecule has 0 radical (unpaired) electrons. The third-order valence-corrected chi connectivity index (χ3v) is 6.52. The van der Waals surface area contributed by atoms with Crippen molar-refractivity contribution in [3.05, 3.63) is 59.2 Å². The van der Waals surface area contributed by atoms with Gasteiger partial charge in [0.1, 0.15) is 5.75 Å². The highest BCUT2D eigenvalue weighted by Gasteiger charge is 2.38. The molecule has 144 valence electrons. The molecule has 0 heterocycles. The van der Waals surface area contributed by atoms with Gasteiger partial charge in [-0.15, -0.1) is 0 Å². The van der Waals surface area contributed by atoms with Crippen molar-refractivity contribution in [1.29, 1.82) is 0 Å². The van der Waals surface area contributed by atoms with E-state index >= 15 is 0 Å². The number of benzene rings is 2. The molecule has 0 aromatic heterocycles. The van der Waals surface area contributed by atoms with Crippen LogP contribution in [-0.2, 0) is 19.4 Å². The van der Waals surface area contributed by atoms with Crippen molar-refractivity contribution in [2.24, 2.45) is 11.8 Å². The molecule has 2 nitrogen and oxygen atoms in total. The lowest BCUT2D eigenvalue weighted by Gasteiger charge is -2.24. The summed E-state index contributed by atoms with van der Waals surface area (Å²) in [5.41, 5.74) is -0.661. The number of phenolic OH excluding ortho intramolecular Hbond substituents is 1. The molecular formula is C21H22F3NOS. The second-order valence-corrected chi connectivity index (χ2v) is 8.70. The summed E-state index contributed by atoms with van der Waals surface area (Å²) >= 11 is -0.0776. The summed E-state index contributed by atoms with van der Waals surface area (Å²) in [5, 5.41) is 13.4. The molecule has 3 atom stereocenters. The van der Waals surface area contributed by atoms with E-state index in [0.29, 0.717) is 30.2 Å². The van der Waals surface area contributed by atoms with E-state index in [9.17, 15) is 18.3 Å². The van der Waals surface area contributed by atoms with Gasteiger partial charge in [-0.05, 0) is 90.2 Å². The highest BCUT2D eigenvalue weighted by atomic mass is 32.2. The first kappa shape index (κ1) is 18.7. The first-order valence-corrected chi connectivity index (χ1v) is 10.1. The Labute approximate surface area is 161 Å². The number of thioether (sulfide) groups is 1. The van der Waals surface area contributed by atoms with E-state index in [-0.39, 0.29) is 16.7 Å². The van der Waals surface area contributed by atoms with Crippen molar-refractivity contribution in [3.8, 4) is 5.75 Å². The van der Waals surface area contributed by atoms with Crippen LogP contribution in [0.2, 0.25) is 0 Å². The van der Waals surface area contributed by atoms with Gasteiger partial charge in [0.15, 0.2) is 0 Å². The molecule has 6 heteroatoms. The molecule has 2 aliphatic carbocycles. The molecule has 2 bridgehead atoms. The number of nitrogens with one attached hydrogen (secondary N) is 1. The summed E-state index contributed by atoms with van der Waals surface area (Å²) in [7, 11) is 0. The summed E-state index contributed by atoms with van der Waals surface area (Å²) in [6.07, 6.45) is 4.37. The van der Waals surface area contributed by atoms with Crippen LogP contribution in [0.1, 0.15) is 29.5 Å². The molecule has 0 amide bonds. The first-order chi connectivity index (χ1) is 12.9. The number of alkyl halides is 3. The molecule has 1 fully saturated rings. The van der Waals surface area contributed by atoms with Crippen LogP contribution in [0.25, 0.3) is 0 Å². The van der Waals surface area contributed by atoms with Crippen molar-refractivity contribution in [1.82, 2.24) is 5.32 Å². The standard InChI is InChI=1S/C21H22F3NOS/c22-21(23,24)27-19-7-1-13(2-8-19)12-25-20-15-3-4-16(20)10-17-11-18(26)6-5-14(17)9-15/h1-2,5-8,11,15-16,20,25-26H,3-4,9-10,12H2. The Morgan fingerprint density at radius 1 is 0.963 bits per heavy atom. The molecule has 3 unspecified atom stereocenters. The third-order valence-electron chi connectivity index (χ3n) is 5.78. The van der Waals surface area contributed by atoms with Crippen LogP contribution in [0.4, 0.5) is 13.2 Å². The fourth-order valence-corrected chi connectivity index (χ4v) is 5.11. The fraction of sp³-hybridized carbons (Fsp3) is 0.429. The predicted molar refractivity (Wildman–Crippen MR) is 101 cm³/mol. The van der Waals surface area contributed by atoms with Crippen molar-refractivity contribution >= 4 is 11.8 Å². The van der Waals surface area contributed by atoms with Crippen LogP contribution < -0.4 is 5.32 Å². The molecule has 1 saturated carbocycles. The molecule has 2 aliphatic rings. The fourth-order valence-electron chi connectivity index (χ4n) is 4.57. The molecule has 4 rings (SSSR count). The van der Waals surface area contributed by atoms with Gasteiger partial charge in [-0.2, -0.15) is 13.2 Å². The number of hydrogen-bond acceptors (Lipinski definition) is 3.